The van der Waals surface area contributed by atoms with Crippen LogP contribution in [-0.2, 0) is 0 Å². The number of rotatable bonds is 7. The lowest BCUT2D eigenvalue weighted by Gasteiger charge is -2.17. The lowest BCUT2D eigenvalue weighted by atomic mass is 10.2. The van der Waals surface area contributed by atoms with Crippen molar-refractivity contribution in [2.45, 2.75) is 26.7 Å². The zero-order valence-electron chi connectivity index (χ0n) is 12.2. The summed E-state index contributed by atoms with van der Waals surface area (Å²) in [6.07, 6.45) is 2.71. The Morgan fingerprint density at radius 3 is 2.68 bits per heavy atom. The molecule has 0 radical (unpaired) electrons. The van der Waals surface area contributed by atoms with E-state index in [0.717, 1.165) is 31.1 Å². The second-order valence-corrected chi connectivity index (χ2v) is 5.68. The van der Waals surface area contributed by atoms with Gasteiger partial charge in [-0.3, -0.25) is 0 Å². The quantitative estimate of drug-likeness (QED) is 0.816. The van der Waals surface area contributed by atoms with E-state index in [1.165, 1.54) is 25.9 Å². The van der Waals surface area contributed by atoms with E-state index in [2.05, 4.69) is 36.2 Å². The summed E-state index contributed by atoms with van der Waals surface area (Å²) in [5, 5.41) is 3.50. The Bertz CT molecular complexity index is 373. The van der Waals surface area contributed by atoms with E-state index in [0.29, 0.717) is 5.92 Å². The molecule has 0 aromatic heterocycles. The number of hydrogen-bond acceptors (Lipinski definition) is 3. The molecule has 1 fully saturated rings. The van der Waals surface area contributed by atoms with Gasteiger partial charge in [0.2, 0.25) is 0 Å². The predicted octanol–water partition coefficient (Wildman–Crippen LogP) is 3.23. The van der Waals surface area contributed by atoms with Crippen LogP contribution in [0, 0.1) is 5.92 Å². The normalized spacial score (nSPS) is 15.9. The maximum atomic E-state index is 5.84. The summed E-state index contributed by atoms with van der Waals surface area (Å²) >= 11 is 0. The number of benzene rings is 1. The molecule has 1 aliphatic rings. The highest BCUT2D eigenvalue weighted by molar-refractivity contribution is 5.56. The van der Waals surface area contributed by atoms with Crippen molar-refractivity contribution in [3.05, 3.63) is 24.3 Å². The number of para-hydroxylation sites is 2. The molecule has 19 heavy (non-hydrogen) atoms. The first-order chi connectivity index (χ1) is 9.25. The summed E-state index contributed by atoms with van der Waals surface area (Å²) in [5.41, 5.74) is 1.11. The fourth-order valence-corrected chi connectivity index (χ4v) is 2.35. The van der Waals surface area contributed by atoms with Crippen LogP contribution in [0.25, 0.3) is 0 Å². The van der Waals surface area contributed by atoms with E-state index >= 15 is 0 Å². The van der Waals surface area contributed by atoms with E-state index in [4.69, 9.17) is 4.74 Å². The van der Waals surface area contributed by atoms with Gasteiger partial charge in [-0.1, -0.05) is 26.0 Å². The molecule has 1 aromatic carbocycles. The Morgan fingerprint density at radius 1 is 1.21 bits per heavy atom. The molecule has 0 spiro atoms. The summed E-state index contributed by atoms with van der Waals surface area (Å²) in [5.74, 6) is 1.52. The summed E-state index contributed by atoms with van der Waals surface area (Å²) in [7, 11) is 0. The van der Waals surface area contributed by atoms with Crippen molar-refractivity contribution in [3.8, 4) is 5.75 Å². The van der Waals surface area contributed by atoms with Crippen LogP contribution in [0.2, 0.25) is 0 Å². The number of likely N-dealkylation sites (tertiary alicyclic amines) is 1. The molecule has 0 aliphatic carbocycles. The van der Waals surface area contributed by atoms with Crippen LogP contribution in [0.4, 0.5) is 5.69 Å². The molecule has 106 valence electrons. The van der Waals surface area contributed by atoms with Gasteiger partial charge >= 0.3 is 0 Å². The Morgan fingerprint density at radius 2 is 1.95 bits per heavy atom. The minimum atomic E-state index is 0.553. The zero-order valence-corrected chi connectivity index (χ0v) is 12.2. The third-order valence-corrected chi connectivity index (χ3v) is 3.40. The predicted molar refractivity (Wildman–Crippen MR) is 80.9 cm³/mol. The Hall–Kier alpha value is -1.22. The molecular weight excluding hydrogens is 236 g/mol. The van der Waals surface area contributed by atoms with Crippen molar-refractivity contribution in [2.24, 2.45) is 5.92 Å². The van der Waals surface area contributed by atoms with E-state index in [1.54, 1.807) is 0 Å². The van der Waals surface area contributed by atoms with E-state index in [1.807, 2.05) is 12.1 Å². The van der Waals surface area contributed by atoms with Crippen molar-refractivity contribution in [1.29, 1.82) is 0 Å². The second-order valence-electron chi connectivity index (χ2n) is 5.68. The number of nitrogens with one attached hydrogen (secondary N) is 1. The van der Waals surface area contributed by atoms with Gasteiger partial charge in [0.1, 0.15) is 5.75 Å². The SMILES string of the molecule is CC(C)COc1ccccc1NCCN1CCCC1. The van der Waals surface area contributed by atoms with Crippen molar-refractivity contribution < 1.29 is 4.74 Å². The first-order valence-corrected chi connectivity index (χ1v) is 7.44. The van der Waals surface area contributed by atoms with Gasteiger partial charge in [0.15, 0.2) is 0 Å². The Kier molecular flexibility index (Phi) is 5.52. The fraction of sp³-hybridized carbons (Fsp3) is 0.625. The minimum Gasteiger partial charge on any atom is -0.491 e. The average Bonchev–Trinajstić information content (AvgIpc) is 2.91. The standard InChI is InChI=1S/C16H26N2O/c1-14(2)13-19-16-8-4-3-7-15(16)17-9-12-18-10-5-6-11-18/h3-4,7-8,14,17H,5-6,9-13H2,1-2H3. The van der Waals surface area contributed by atoms with Crippen molar-refractivity contribution in [3.63, 3.8) is 0 Å². The van der Waals surface area contributed by atoms with Gasteiger partial charge in [-0.2, -0.15) is 0 Å². The summed E-state index contributed by atoms with van der Waals surface area (Å²) in [4.78, 5) is 2.52. The maximum Gasteiger partial charge on any atom is 0.142 e. The van der Waals surface area contributed by atoms with Crippen LogP contribution in [0.15, 0.2) is 24.3 Å². The van der Waals surface area contributed by atoms with E-state index in [9.17, 15) is 0 Å². The first kappa shape index (κ1) is 14.2. The Balaban J connectivity index is 1.80. The van der Waals surface area contributed by atoms with Crippen molar-refractivity contribution in [2.75, 3.05) is 38.1 Å². The number of ether oxygens (including phenoxy) is 1. The van der Waals surface area contributed by atoms with Gasteiger partial charge in [-0.05, 0) is 44.0 Å². The largest absolute Gasteiger partial charge is 0.491 e. The highest BCUT2D eigenvalue weighted by Crippen LogP contribution is 2.24. The molecule has 1 aliphatic heterocycles. The summed E-state index contributed by atoms with van der Waals surface area (Å²) in [6.45, 7) is 9.73. The van der Waals surface area contributed by atoms with Gasteiger partial charge < -0.3 is 15.0 Å². The molecule has 0 unspecified atom stereocenters. The van der Waals surface area contributed by atoms with Crippen LogP contribution in [0.5, 0.6) is 5.75 Å². The molecule has 0 amide bonds. The maximum absolute atomic E-state index is 5.84. The van der Waals surface area contributed by atoms with Crippen LogP contribution in [0.3, 0.4) is 0 Å². The molecule has 3 heteroatoms. The van der Waals surface area contributed by atoms with Gasteiger partial charge in [0.05, 0.1) is 12.3 Å². The van der Waals surface area contributed by atoms with Crippen LogP contribution < -0.4 is 10.1 Å². The Labute approximate surface area is 116 Å². The molecule has 3 nitrogen and oxygen atoms in total. The summed E-state index contributed by atoms with van der Waals surface area (Å²) in [6, 6.07) is 8.22. The third kappa shape index (κ3) is 4.75. The van der Waals surface area contributed by atoms with Crippen LogP contribution in [-0.4, -0.2) is 37.7 Å². The van der Waals surface area contributed by atoms with E-state index < -0.39 is 0 Å². The zero-order chi connectivity index (χ0) is 13.5. The van der Waals surface area contributed by atoms with Crippen molar-refractivity contribution in [1.82, 2.24) is 4.90 Å². The smallest absolute Gasteiger partial charge is 0.142 e. The molecule has 2 rings (SSSR count). The highest BCUT2D eigenvalue weighted by Gasteiger charge is 2.10. The molecule has 1 heterocycles. The molecule has 1 aromatic rings. The van der Waals surface area contributed by atoms with Gasteiger partial charge in [0, 0.05) is 13.1 Å². The number of anilines is 1. The van der Waals surface area contributed by atoms with E-state index in [-0.39, 0.29) is 0 Å². The average molecular weight is 262 g/mol. The molecule has 1 N–H and O–H groups in total. The van der Waals surface area contributed by atoms with Crippen LogP contribution >= 0.6 is 0 Å². The number of hydrogen-bond donors (Lipinski definition) is 1. The molecule has 0 bridgehead atoms. The molecule has 0 saturated carbocycles. The lowest BCUT2D eigenvalue weighted by molar-refractivity contribution is 0.272. The molecular formula is C16H26N2O. The second kappa shape index (κ2) is 7.39. The topological polar surface area (TPSA) is 24.5 Å². The van der Waals surface area contributed by atoms with Crippen molar-refractivity contribution >= 4 is 5.69 Å². The van der Waals surface area contributed by atoms with Crippen LogP contribution in [0.1, 0.15) is 26.7 Å². The van der Waals surface area contributed by atoms with Gasteiger partial charge in [0.25, 0.3) is 0 Å². The molecule has 0 atom stereocenters. The first-order valence-electron chi connectivity index (χ1n) is 7.44. The number of nitrogens with zero attached hydrogens (tertiary/aromatic N) is 1. The lowest BCUT2D eigenvalue weighted by Crippen LogP contribution is -2.26. The van der Waals surface area contributed by atoms with Gasteiger partial charge in [-0.25, -0.2) is 0 Å². The fourth-order valence-electron chi connectivity index (χ4n) is 2.35. The monoisotopic (exact) mass is 262 g/mol. The molecule has 1 saturated heterocycles. The van der Waals surface area contributed by atoms with Gasteiger partial charge in [-0.15, -0.1) is 0 Å². The minimum absolute atomic E-state index is 0.553. The highest BCUT2D eigenvalue weighted by atomic mass is 16.5. The third-order valence-electron chi connectivity index (χ3n) is 3.40. The summed E-state index contributed by atoms with van der Waals surface area (Å²) < 4.78 is 5.84.